The quantitative estimate of drug-likeness (QED) is 0.772. The lowest BCUT2D eigenvalue weighted by Gasteiger charge is -2.35. The monoisotopic (exact) mass is 359 g/mol. The van der Waals surface area contributed by atoms with Gasteiger partial charge in [-0.05, 0) is 24.3 Å². The zero-order valence-electron chi connectivity index (χ0n) is 15.4. The molecule has 140 valence electrons. The van der Waals surface area contributed by atoms with Crippen LogP contribution in [0.4, 0.5) is 4.79 Å². The zero-order chi connectivity index (χ0) is 18.7. The molecule has 1 amide bonds. The van der Waals surface area contributed by atoms with Gasteiger partial charge in [0, 0.05) is 25.4 Å². The molecule has 3 rings (SSSR count). The molecule has 1 fully saturated rings. The molecule has 1 aliphatic heterocycles. The topological polar surface area (TPSA) is 65.1 Å². The third-order valence-electron chi connectivity index (χ3n) is 5.31. The van der Waals surface area contributed by atoms with Gasteiger partial charge in [-0.1, -0.05) is 37.3 Å². The first-order valence-corrected chi connectivity index (χ1v) is 8.90. The second-order valence-corrected chi connectivity index (χ2v) is 7.03. The third-order valence-corrected chi connectivity index (χ3v) is 5.31. The highest BCUT2D eigenvalue weighted by molar-refractivity contribution is 5.89. The van der Waals surface area contributed by atoms with Gasteiger partial charge in [0.2, 0.25) is 6.29 Å². The predicted octanol–water partition coefficient (Wildman–Crippen LogP) is 3.33. The largest absolute Gasteiger partial charge is 0.466 e. The Morgan fingerprint density at radius 2 is 1.96 bits per heavy atom. The number of carbonyl (C=O) groups is 2. The molecule has 6 nitrogen and oxygen atoms in total. The van der Waals surface area contributed by atoms with Gasteiger partial charge in [-0.15, -0.1) is 0 Å². The highest BCUT2D eigenvalue weighted by Gasteiger charge is 2.48. The van der Waals surface area contributed by atoms with Crippen molar-refractivity contribution in [3.8, 4) is 0 Å². The first-order chi connectivity index (χ1) is 12.5. The maximum absolute atomic E-state index is 12.5. The fourth-order valence-corrected chi connectivity index (χ4v) is 3.90. The number of benzene rings is 1. The summed E-state index contributed by atoms with van der Waals surface area (Å²) in [7, 11) is 3.06. The van der Waals surface area contributed by atoms with Crippen molar-refractivity contribution in [3.05, 3.63) is 47.7 Å². The molecule has 0 spiro atoms. The van der Waals surface area contributed by atoms with E-state index in [9.17, 15) is 9.59 Å². The molecule has 0 radical (unpaired) electrons. The van der Waals surface area contributed by atoms with E-state index < -0.39 is 12.4 Å². The lowest BCUT2D eigenvalue weighted by atomic mass is 9.83. The smallest absolute Gasteiger partial charge is 0.412 e. The number of hydrogen-bond acceptors (Lipinski definition) is 5. The molecule has 1 aliphatic carbocycles. The Hall–Kier alpha value is -2.50. The number of rotatable bonds is 4. The fourth-order valence-electron chi connectivity index (χ4n) is 3.90. The average Bonchev–Trinajstić information content (AvgIpc) is 3.04. The van der Waals surface area contributed by atoms with Gasteiger partial charge >= 0.3 is 12.1 Å². The van der Waals surface area contributed by atoms with Crippen molar-refractivity contribution >= 4 is 12.1 Å². The molecule has 0 N–H and O–H groups in total. The molecule has 1 aromatic rings. The molecule has 4 unspecified atom stereocenters. The van der Waals surface area contributed by atoms with Crippen molar-refractivity contribution < 1.29 is 23.8 Å². The van der Waals surface area contributed by atoms with Crippen molar-refractivity contribution in [2.24, 2.45) is 17.8 Å². The van der Waals surface area contributed by atoms with Crippen molar-refractivity contribution in [2.75, 3.05) is 14.2 Å². The fraction of sp³-hybridized carbons (Fsp3) is 0.500. The minimum Gasteiger partial charge on any atom is -0.466 e. The molecule has 1 heterocycles. The molecule has 1 saturated carbocycles. The average molecular weight is 359 g/mol. The summed E-state index contributed by atoms with van der Waals surface area (Å²) in [6, 6.07) is 9.72. The van der Waals surface area contributed by atoms with E-state index in [2.05, 4.69) is 6.92 Å². The van der Waals surface area contributed by atoms with E-state index in [1.54, 1.807) is 7.05 Å². The number of hydrogen-bond donors (Lipinski definition) is 0. The summed E-state index contributed by atoms with van der Waals surface area (Å²) in [5.74, 6) is -0.114. The van der Waals surface area contributed by atoms with Crippen LogP contribution in [-0.4, -0.2) is 37.4 Å². The van der Waals surface area contributed by atoms with E-state index in [0.29, 0.717) is 18.0 Å². The van der Waals surface area contributed by atoms with Crippen LogP contribution < -0.4 is 0 Å². The Labute approximate surface area is 153 Å². The number of ether oxygens (including phenoxy) is 3. The van der Waals surface area contributed by atoms with E-state index in [0.717, 1.165) is 18.4 Å². The molecule has 4 atom stereocenters. The highest BCUT2D eigenvalue weighted by Crippen LogP contribution is 2.46. The molecule has 0 bridgehead atoms. The summed E-state index contributed by atoms with van der Waals surface area (Å²) in [5.41, 5.74) is 1.56. The minimum atomic E-state index is -0.684. The summed E-state index contributed by atoms with van der Waals surface area (Å²) < 4.78 is 16.1. The number of fused-ring (bicyclic) bond motifs is 1. The first kappa shape index (κ1) is 18.3. The standard InChI is InChI=1S/C20H25NO5/c1-13-9-10-15-16(18(22)24-3)12-25-19(17(13)15)26-20(23)21(2)11-14-7-5-4-6-8-14/h4-8,12-13,15,17,19H,9-11H2,1-3H3. The number of carbonyl (C=O) groups excluding carboxylic acids is 2. The van der Waals surface area contributed by atoms with Gasteiger partial charge in [-0.25, -0.2) is 9.59 Å². The molecule has 6 heteroatoms. The van der Waals surface area contributed by atoms with Crippen LogP contribution in [0.25, 0.3) is 0 Å². The molecular weight excluding hydrogens is 334 g/mol. The van der Waals surface area contributed by atoms with Gasteiger partial charge in [0.05, 0.1) is 18.9 Å². The summed E-state index contributed by atoms with van der Waals surface area (Å²) in [4.78, 5) is 26.0. The summed E-state index contributed by atoms with van der Waals surface area (Å²) in [5, 5.41) is 0. The zero-order valence-corrected chi connectivity index (χ0v) is 15.4. The Morgan fingerprint density at radius 3 is 2.65 bits per heavy atom. The Morgan fingerprint density at radius 1 is 1.23 bits per heavy atom. The third kappa shape index (κ3) is 3.69. The number of nitrogens with zero attached hydrogens (tertiary/aromatic N) is 1. The van der Waals surface area contributed by atoms with Gasteiger partial charge < -0.3 is 19.1 Å². The molecule has 1 aromatic carbocycles. The lowest BCUT2D eigenvalue weighted by Crippen LogP contribution is -2.41. The van der Waals surface area contributed by atoms with Crippen LogP contribution in [0.15, 0.2) is 42.2 Å². The SMILES string of the molecule is COC(=O)C1=COC(OC(=O)N(C)Cc2ccccc2)C2C(C)CCC12. The van der Waals surface area contributed by atoms with Crippen molar-refractivity contribution in [3.63, 3.8) is 0 Å². The minimum absolute atomic E-state index is 0.00318. The summed E-state index contributed by atoms with van der Waals surface area (Å²) in [6.07, 6.45) is 2.11. The molecule has 0 saturated heterocycles. The Kier molecular flexibility index (Phi) is 5.49. The van der Waals surface area contributed by atoms with E-state index >= 15 is 0 Å². The van der Waals surface area contributed by atoms with Gasteiger partial charge in [0.1, 0.15) is 0 Å². The van der Waals surface area contributed by atoms with Crippen LogP contribution >= 0.6 is 0 Å². The van der Waals surface area contributed by atoms with Crippen molar-refractivity contribution in [1.29, 1.82) is 0 Å². The van der Waals surface area contributed by atoms with Crippen molar-refractivity contribution in [1.82, 2.24) is 4.90 Å². The predicted molar refractivity (Wildman–Crippen MR) is 94.7 cm³/mol. The first-order valence-electron chi connectivity index (χ1n) is 8.90. The van der Waals surface area contributed by atoms with Crippen LogP contribution in [0, 0.1) is 17.8 Å². The summed E-state index contributed by atoms with van der Waals surface area (Å²) in [6.45, 7) is 2.56. The molecular formula is C20H25NO5. The second kappa shape index (κ2) is 7.81. The van der Waals surface area contributed by atoms with Crippen molar-refractivity contribution in [2.45, 2.75) is 32.6 Å². The Balaban J connectivity index is 1.68. The van der Waals surface area contributed by atoms with E-state index in [-0.39, 0.29) is 17.8 Å². The molecule has 0 aromatic heterocycles. The Bertz CT molecular complexity index is 687. The van der Waals surface area contributed by atoms with Gasteiger partial charge in [-0.2, -0.15) is 0 Å². The highest BCUT2D eigenvalue weighted by atomic mass is 16.7. The maximum atomic E-state index is 12.5. The summed E-state index contributed by atoms with van der Waals surface area (Å²) >= 11 is 0. The van der Waals surface area contributed by atoms with Crippen LogP contribution in [0.1, 0.15) is 25.3 Å². The maximum Gasteiger partial charge on any atom is 0.412 e. The van der Waals surface area contributed by atoms with Crippen LogP contribution in [0.2, 0.25) is 0 Å². The lowest BCUT2D eigenvalue weighted by molar-refractivity contribution is -0.146. The van der Waals surface area contributed by atoms with Gasteiger partial charge in [0.25, 0.3) is 0 Å². The van der Waals surface area contributed by atoms with Crippen LogP contribution in [0.5, 0.6) is 0 Å². The second-order valence-electron chi connectivity index (χ2n) is 7.03. The van der Waals surface area contributed by atoms with E-state index in [1.807, 2.05) is 30.3 Å². The number of methoxy groups -OCH3 is 1. The van der Waals surface area contributed by atoms with E-state index in [4.69, 9.17) is 14.2 Å². The van der Waals surface area contributed by atoms with Crippen LogP contribution in [0.3, 0.4) is 0 Å². The van der Waals surface area contributed by atoms with Gasteiger partial charge in [-0.3, -0.25) is 0 Å². The number of amides is 1. The van der Waals surface area contributed by atoms with Gasteiger partial charge in [0.15, 0.2) is 0 Å². The molecule has 26 heavy (non-hydrogen) atoms. The molecule has 2 aliphatic rings. The normalized spacial score (nSPS) is 27.0. The van der Waals surface area contributed by atoms with E-state index in [1.165, 1.54) is 18.3 Å². The number of esters is 1. The van der Waals surface area contributed by atoms with Crippen LogP contribution in [-0.2, 0) is 25.5 Å².